The van der Waals surface area contributed by atoms with Crippen LogP contribution in [0, 0.1) is 0 Å². The number of hydrogen-bond acceptors (Lipinski definition) is 3. The maximum absolute atomic E-state index is 12.0. The van der Waals surface area contributed by atoms with Gasteiger partial charge in [0.05, 0.1) is 26.2 Å². The Morgan fingerprint density at radius 2 is 1.85 bits per heavy atom. The van der Waals surface area contributed by atoms with Crippen molar-refractivity contribution in [3.63, 3.8) is 0 Å². The summed E-state index contributed by atoms with van der Waals surface area (Å²) in [7, 11) is 0. The van der Waals surface area contributed by atoms with Crippen molar-refractivity contribution in [1.82, 2.24) is 0 Å². The summed E-state index contributed by atoms with van der Waals surface area (Å²) in [5.74, 6) is -1.57. The number of halogens is 3. The molecule has 2 rings (SSSR count). The Labute approximate surface area is 132 Å². The highest BCUT2D eigenvalue weighted by atomic mass is 35.5. The molecule has 0 saturated carbocycles. The van der Waals surface area contributed by atoms with Gasteiger partial charge in [-0.3, -0.25) is 4.79 Å². The third kappa shape index (κ3) is 3.24. The molecular weight excluding hydrogens is 345 g/mol. The standard InChI is InChI=1S/C12H6Cl3NO3S/c13-7-3-5(12(18)19)1-2-8(7)16-11(17)6-4-9(14)20-10(6)15/h1-4H,(H,16,17)(H,18,19). The van der Waals surface area contributed by atoms with Crippen molar-refractivity contribution in [1.29, 1.82) is 0 Å². The molecule has 1 amide bonds. The summed E-state index contributed by atoms with van der Waals surface area (Å²) in [5.41, 5.74) is 0.560. The van der Waals surface area contributed by atoms with Crippen LogP contribution in [0.1, 0.15) is 20.7 Å². The fourth-order valence-corrected chi connectivity index (χ4v) is 3.12. The first-order valence-corrected chi connectivity index (χ1v) is 7.12. The van der Waals surface area contributed by atoms with E-state index in [1.165, 1.54) is 24.3 Å². The third-order valence-electron chi connectivity index (χ3n) is 2.37. The molecule has 2 aromatic rings. The van der Waals surface area contributed by atoms with Gasteiger partial charge in [0.25, 0.3) is 5.91 Å². The van der Waals surface area contributed by atoms with Crippen molar-refractivity contribution in [2.24, 2.45) is 0 Å². The number of thiophene rings is 1. The molecule has 0 bridgehead atoms. The number of nitrogens with one attached hydrogen (secondary N) is 1. The number of carboxylic acids is 1. The van der Waals surface area contributed by atoms with E-state index in [9.17, 15) is 9.59 Å². The number of amides is 1. The lowest BCUT2D eigenvalue weighted by atomic mass is 10.2. The second kappa shape index (κ2) is 6.01. The van der Waals surface area contributed by atoms with Gasteiger partial charge in [0, 0.05) is 0 Å². The number of carbonyl (C=O) groups excluding carboxylic acids is 1. The van der Waals surface area contributed by atoms with Gasteiger partial charge in [-0.05, 0) is 24.3 Å². The normalized spacial score (nSPS) is 10.3. The first kappa shape index (κ1) is 15.1. The van der Waals surface area contributed by atoms with Gasteiger partial charge in [-0.2, -0.15) is 0 Å². The summed E-state index contributed by atoms with van der Waals surface area (Å²) in [6.07, 6.45) is 0. The fraction of sp³-hybridized carbons (Fsp3) is 0. The largest absolute Gasteiger partial charge is 0.478 e. The molecular formula is C12H6Cl3NO3S. The molecule has 0 unspecified atom stereocenters. The minimum Gasteiger partial charge on any atom is -0.478 e. The second-order valence-electron chi connectivity index (χ2n) is 3.69. The molecule has 1 aromatic heterocycles. The summed E-state index contributed by atoms with van der Waals surface area (Å²) in [6, 6.07) is 5.45. The van der Waals surface area contributed by atoms with Crippen LogP contribution in [0.4, 0.5) is 5.69 Å². The molecule has 0 aliphatic carbocycles. The SMILES string of the molecule is O=C(O)c1ccc(NC(=O)c2cc(Cl)sc2Cl)c(Cl)c1. The number of hydrogen-bond donors (Lipinski definition) is 2. The first-order valence-electron chi connectivity index (χ1n) is 5.17. The Kier molecular flexibility index (Phi) is 4.55. The lowest BCUT2D eigenvalue weighted by Gasteiger charge is -2.07. The minimum atomic E-state index is -1.10. The molecule has 0 saturated heterocycles. The molecule has 0 atom stereocenters. The smallest absolute Gasteiger partial charge is 0.335 e. The predicted molar refractivity (Wildman–Crippen MR) is 80.7 cm³/mol. The van der Waals surface area contributed by atoms with E-state index in [2.05, 4.69) is 5.32 Å². The van der Waals surface area contributed by atoms with E-state index >= 15 is 0 Å². The molecule has 4 nitrogen and oxygen atoms in total. The second-order valence-corrected chi connectivity index (χ2v) is 6.38. The molecule has 0 spiro atoms. The van der Waals surface area contributed by atoms with Crippen molar-refractivity contribution >= 4 is 63.7 Å². The molecule has 1 heterocycles. The molecule has 1 aromatic carbocycles. The number of anilines is 1. The predicted octanol–water partition coefficient (Wildman–Crippen LogP) is 4.66. The van der Waals surface area contributed by atoms with Gasteiger partial charge in [0.1, 0.15) is 4.34 Å². The van der Waals surface area contributed by atoms with Crippen LogP contribution in [0.2, 0.25) is 13.7 Å². The Hall–Kier alpha value is -1.27. The number of rotatable bonds is 3. The van der Waals surface area contributed by atoms with E-state index in [1.54, 1.807) is 0 Å². The van der Waals surface area contributed by atoms with Crippen LogP contribution in [0.25, 0.3) is 0 Å². The third-order valence-corrected chi connectivity index (χ3v) is 4.17. The van der Waals surface area contributed by atoms with Crippen LogP contribution in [-0.2, 0) is 0 Å². The zero-order valence-electron chi connectivity index (χ0n) is 9.62. The highest BCUT2D eigenvalue weighted by Crippen LogP contribution is 2.32. The van der Waals surface area contributed by atoms with E-state index in [0.717, 1.165) is 11.3 Å². The van der Waals surface area contributed by atoms with Crippen LogP contribution in [0.5, 0.6) is 0 Å². The Bertz CT molecular complexity index is 699. The highest BCUT2D eigenvalue weighted by molar-refractivity contribution is 7.20. The zero-order valence-corrected chi connectivity index (χ0v) is 12.7. The average Bonchev–Trinajstić information content (AvgIpc) is 2.70. The number of aromatic carboxylic acids is 1. The Morgan fingerprint density at radius 3 is 2.35 bits per heavy atom. The number of carboxylic acid groups (broad SMARTS) is 1. The summed E-state index contributed by atoms with van der Waals surface area (Å²) < 4.78 is 0.665. The van der Waals surface area contributed by atoms with Crippen molar-refractivity contribution < 1.29 is 14.7 Å². The van der Waals surface area contributed by atoms with E-state index in [0.29, 0.717) is 10.0 Å². The highest BCUT2D eigenvalue weighted by Gasteiger charge is 2.16. The zero-order chi connectivity index (χ0) is 14.9. The van der Waals surface area contributed by atoms with Gasteiger partial charge in [-0.25, -0.2) is 4.79 Å². The lowest BCUT2D eigenvalue weighted by molar-refractivity contribution is 0.0696. The van der Waals surface area contributed by atoms with Crippen molar-refractivity contribution in [2.75, 3.05) is 5.32 Å². The maximum atomic E-state index is 12.0. The van der Waals surface area contributed by atoms with Gasteiger partial charge in [-0.1, -0.05) is 34.8 Å². The summed E-state index contributed by atoms with van der Waals surface area (Å²) in [4.78, 5) is 22.8. The minimum absolute atomic E-state index is 0.0320. The van der Waals surface area contributed by atoms with Gasteiger partial charge in [0.2, 0.25) is 0 Å². The van der Waals surface area contributed by atoms with Gasteiger partial charge >= 0.3 is 5.97 Å². The van der Waals surface area contributed by atoms with Gasteiger partial charge in [0.15, 0.2) is 0 Å². The Morgan fingerprint density at radius 1 is 1.15 bits per heavy atom. The monoisotopic (exact) mass is 349 g/mol. The van der Waals surface area contributed by atoms with Crippen molar-refractivity contribution in [2.45, 2.75) is 0 Å². The van der Waals surface area contributed by atoms with Gasteiger partial charge < -0.3 is 10.4 Å². The van der Waals surface area contributed by atoms with E-state index in [-0.39, 0.29) is 20.5 Å². The molecule has 0 fully saturated rings. The lowest BCUT2D eigenvalue weighted by Crippen LogP contribution is -2.12. The van der Waals surface area contributed by atoms with E-state index in [4.69, 9.17) is 39.9 Å². The molecule has 8 heteroatoms. The molecule has 20 heavy (non-hydrogen) atoms. The van der Waals surface area contributed by atoms with Crippen molar-refractivity contribution in [3.05, 3.63) is 49.1 Å². The summed E-state index contributed by atoms with van der Waals surface area (Å²) in [6.45, 7) is 0. The molecule has 2 N–H and O–H groups in total. The average molecular weight is 351 g/mol. The molecule has 104 valence electrons. The molecule has 0 aliphatic heterocycles. The molecule has 0 radical (unpaired) electrons. The van der Waals surface area contributed by atoms with Crippen LogP contribution >= 0.6 is 46.1 Å². The van der Waals surface area contributed by atoms with Crippen molar-refractivity contribution in [3.8, 4) is 0 Å². The fourth-order valence-electron chi connectivity index (χ4n) is 1.43. The topological polar surface area (TPSA) is 66.4 Å². The first-order chi connectivity index (χ1) is 9.38. The summed E-state index contributed by atoms with van der Waals surface area (Å²) in [5, 5.41) is 11.5. The van der Waals surface area contributed by atoms with E-state index < -0.39 is 11.9 Å². The maximum Gasteiger partial charge on any atom is 0.335 e. The number of benzene rings is 1. The number of carbonyl (C=O) groups is 2. The Balaban J connectivity index is 2.24. The quantitative estimate of drug-likeness (QED) is 0.846. The van der Waals surface area contributed by atoms with Crippen LogP contribution in [0.3, 0.4) is 0 Å². The van der Waals surface area contributed by atoms with Crippen LogP contribution in [-0.4, -0.2) is 17.0 Å². The summed E-state index contributed by atoms with van der Waals surface area (Å²) >= 11 is 18.6. The van der Waals surface area contributed by atoms with Crippen LogP contribution in [0.15, 0.2) is 24.3 Å². The molecule has 0 aliphatic rings. The van der Waals surface area contributed by atoms with Crippen LogP contribution < -0.4 is 5.32 Å². The van der Waals surface area contributed by atoms with E-state index in [1.807, 2.05) is 0 Å². The van der Waals surface area contributed by atoms with Gasteiger partial charge in [-0.15, -0.1) is 11.3 Å².